The van der Waals surface area contributed by atoms with Crippen LogP contribution in [-0.4, -0.2) is 25.9 Å². The molecule has 1 N–H and O–H groups in total. The van der Waals surface area contributed by atoms with Gasteiger partial charge in [-0.15, -0.1) is 11.3 Å². The summed E-state index contributed by atoms with van der Waals surface area (Å²) in [4.78, 5) is 29.3. The van der Waals surface area contributed by atoms with E-state index in [9.17, 15) is 20.0 Å². The van der Waals surface area contributed by atoms with E-state index in [4.69, 9.17) is 0 Å². The highest BCUT2D eigenvalue weighted by atomic mass is 32.1. The van der Waals surface area contributed by atoms with Crippen LogP contribution in [0.5, 0.6) is 5.75 Å². The molecule has 8 nitrogen and oxygen atoms in total. The predicted molar refractivity (Wildman–Crippen MR) is 98.3 cm³/mol. The first-order chi connectivity index (χ1) is 12.5. The molecule has 0 saturated heterocycles. The van der Waals surface area contributed by atoms with E-state index in [1.54, 1.807) is 11.3 Å². The van der Waals surface area contributed by atoms with Crippen LogP contribution in [0.4, 0.5) is 5.69 Å². The lowest BCUT2D eigenvalue weighted by molar-refractivity contribution is -0.385. The van der Waals surface area contributed by atoms with E-state index in [-0.39, 0.29) is 5.56 Å². The Labute approximate surface area is 151 Å². The molecule has 0 unspecified atom stereocenters. The summed E-state index contributed by atoms with van der Waals surface area (Å²) in [5.41, 5.74) is 0.827. The Morgan fingerprint density at radius 2 is 2.15 bits per heavy atom. The lowest BCUT2D eigenvalue weighted by atomic mass is 9.97. The topological polar surface area (TPSA) is 111 Å². The molecule has 1 aromatic carbocycles. The van der Waals surface area contributed by atoms with Crippen LogP contribution in [0.15, 0.2) is 34.4 Å². The van der Waals surface area contributed by atoms with Crippen molar-refractivity contribution in [2.24, 2.45) is 5.10 Å². The SMILES string of the molecule is O=c1c2c3c(sc2ncn1/N=C/c1ccc(O)c([N+](=O)[O-])c1)CCCC3. The number of hydrogen-bond acceptors (Lipinski definition) is 7. The zero-order valence-corrected chi connectivity index (χ0v) is 14.4. The molecule has 0 spiro atoms. The van der Waals surface area contributed by atoms with Crippen molar-refractivity contribution < 1.29 is 10.0 Å². The average Bonchev–Trinajstić information content (AvgIpc) is 3.01. The fraction of sp³-hybridized carbons (Fsp3) is 0.235. The van der Waals surface area contributed by atoms with Gasteiger partial charge in [0.05, 0.1) is 16.5 Å². The van der Waals surface area contributed by atoms with Gasteiger partial charge in [-0.1, -0.05) is 0 Å². The number of phenols is 1. The van der Waals surface area contributed by atoms with E-state index < -0.39 is 16.4 Å². The Morgan fingerprint density at radius 1 is 1.35 bits per heavy atom. The van der Waals surface area contributed by atoms with Gasteiger partial charge in [-0.05, 0) is 43.4 Å². The zero-order chi connectivity index (χ0) is 18.3. The molecular weight excluding hydrogens is 356 g/mol. The van der Waals surface area contributed by atoms with Crippen molar-refractivity contribution in [2.75, 3.05) is 0 Å². The van der Waals surface area contributed by atoms with Crippen LogP contribution in [0, 0.1) is 10.1 Å². The van der Waals surface area contributed by atoms with Crippen LogP contribution in [0.3, 0.4) is 0 Å². The van der Waals surface area contributed by atoms with Gasteiger partial charge in [-0.25, -0.2) is 4.98 Å². The van der Waals surface area contributed by atoms with Crippen LogP contribution >= 0.6 is 11.3 Å². The first kappa shape index (κ1) is 16.4. The number of nitro groups is 1. The molecule has 0 amide bonds. The highest BCUT2D eigenvalue weighted by molar-refractivity contribution is 7.18. The predicted octanol–water partition coefficient (Wildman–Crippen LogP) is 2.83. The Morgan fingerprint density at radius 3 is 2.96 bits per heavy atom. The van der Waals surface area contributed by atoms with Crippen molar-refractivity contribution in [2.45, 2.75) is 25.7 Å². The average molecular weight is 370 g/mol. The molecule has 2 heterocycles. The van der Waals surface area contributed by atoms with Crippen molar-refractivity contribution in [1.82, 2.24) is 9.66 Å². The minimum atomic E-state index is -0.676. The van der Waals surface area contributed by atoms with Gasteiger partial charge < -0.3 is 5.11 Å². The summed E-state index contributed by atoms with van der Waals surface area (Å²) in [5, 5.41) is 25.1. The number of rotatable bonds is 3. The highest BCUT2D eigenvalue weighted by Gasteiger charge is 2.20. The Bertz CT molecular complexity index is 1120. The molecule has 9 heteroatoms. The molecular formula is C17H14N4O4S. The van der Waals surface area contributed by atoms with Crippen LogP contribution in [-0.2, 0) is 12.8 Å². The monoisotopic (exact) mass is 370 g/mol. The van der Waals surface area contributed by atoms with Gasteiger partial charge in [0.2, 0.25) is 0 Å². The van der Waals surface area contributed by atoms with Gasteiger partial charge in [0.1, 0.15) is 11.2 Å². The summed E-state index contributed by atoms with van der Waals surface area (Å²) in [6, 6.07) is 3.90. The third-order valence-electron chi connectivity index (χ3n) is 4.39. The first-order valence-electron chi connectivity index (χ1n) is 8.08. The van der Waals surface area contributed by atoms with Crippen LogP contribution in [0.2, 0.25) is 0 Å². The fourth-order valence-electron chi connectivity index (χ4n) is 3.12. The lowest BCUT2D eigenvalue weighted by Crippen LogP contribution is -2.18. The second-order valence-electron chi connectivity index (χ2n) is 6.04. The molecule has 0 radical (unpaired) electrons. The van der Waals surface area contributed by atoms with E-state index in [0.29, 0.717) is 10.9 Å². The number of aromatic hydroxyl groups is 1. The molecule has 132 valence electrons. The van der Waals surface area contributed by atoms with Crippen LogP contribution in [0.1, 0.15) is 28.8 Å². The molecule has 1 aliphatic rings. The maximum absolute atomic E-state index is 12.8. The van der Waals surface area contributed by atoms with Gasteiger partial charge in [0.15, 0.2) is 5.75 Å². The summed E-state index contributed by atoms with van der Waals surface area (Å²) in [7, 11) is 0. The van der Waals surface area contributed by atoms with Gasteiger partial charge >= 0.3 is 5.69 Å². The van der Waals surface area contributed by atoms with E-state index in [1.807, 2.05) is 0 Å². The molecule has 3 aromatic rings. The molecule has 26 heavy (non-hydrogen) atoms. The van der Waals surface area contributed by atoms with Crippen molar-refractivity contribution in [1.29, 1.82) is 0 Å². The number of thiophene rings is 1. The molecule has 0 saturated carbocycles. The highest BCUT2D eigenvalue weighted by Crippen LogP contribution is 2.33. The third-order valence-corrected chi connectivity index (χ3v) is 5.59. The number of benzene rings is 1. The number of fused-ring (bicyclic) bond motifs is 3. The Kier molecular flexibility index (Phi) is 4.00. The van der Waals surface area contributed by atoms with E-state index >= 15 is 0 Å². The normalized spacial score (nSPS) is 14.0. The van der Waals surface area contributed by atoms with Crippen molar-refractivity contribution in [3.8, 4) is 5.75 Å². The number of hydrogen-bond donors (Lipinski definition) is 1. The Balaban J connectivity index is 1.75. The lowest BCUT2D eigenvalue weighted by Gasteiger charge is -2.09. The number of phenolic OH excluding ortho intramolecular Hbond substituents is 1. The first-order valence-corrected chi connectivity index (χ1v) is 8.90. The maximum atomic E-state index is 12.8. The second kappa shape index (κ2) is 6.34. The van der Waals surface area contributed by atoms with Crippen molar-refractivity contribution in [3.63, 3.8) is 0 Å². The smallest absolute Gasteiger partial charge is 0.311 e. The van der Waals surface area contributed by atoms with E-state index in [2.05, 4.69) is 10.1 Å². The maximum Gasteiger partial charge on any atom is 0.311 e. The van der Waals surface area contributed by atoms with Gasteiger partial charge in [-0.2, -0.15) is 9.78 Å². The molecule has 0 fully saturated rings. The summed E-state index contributed by atoms with van der Waals surface area (Å²) in [6.07, 6.45) is 6.75. The standard InChI is InChI=1S/C17H14N4O4S/c22-13-6-5-10(7-12(13)21(24)25)8-19-20-9-18-16-15(17(20)23)11-3-1-2-4-14(11)26-16/h5-9,22H,1-4H2/b19-8+. The minimum Gasteiger partial charge on any atom is -0.502 e. The molecule has 0 atom stereocenters. The fourth-order valence-corrected chi connectivity index (χ4v) is 4.33. The van der Waals surface area contributed by atoms with Crippen LogP contribution in [0.25, 0.3) is 10.2 Å². The largest absolute Gasteiger partial charge is 0.502 e. The van der Waals surface area contributed by atoms with Gasteiger partial charge in [0, 0.05) is 16.5 Å². The van der Waals surface area contributed by atoms with E-state index in [1.165, 1.54) is 35.6 Å². The van der Waals surface area contributed by atoms with E-state index in [0.717, 1.165) is 40.8 Å². The minimum absolute atomic E-state index is 0.237. The molecule has 4 rings (SSSR count). The van der Waals surface area contributed by atoms with Gasteiger partial charge in [0.25, 0.3) is 5.56 Å². The molecule has 1 aliphatic carbocycles. The quantitative estimate of drug-likeness (QED) is 0.433. The number of aromatic nitrogens is 2. The number of aryl methyl sites for hydroxylation is 2. The second-order valence-corrected chi connectivity index (χ2v) is 7.12. The van der Waals surface area contributed by atoms with Crippen molar-refractivity contribution >= 4 is 33.5 Å². The van der Waals surface area contributed by atoms with Crippen LogP contribution < -0.4 is 5.56 Å². The zero-order valence-electron chi connectivity index (χ0n) is 13.6. The summed E-state index contributed by atoms with van der Waals surface area (Å²) in [6.45, 7) is 0. The van der Waals surface area contributed by atoms with Gasteiger partial charge in [-0.3, -0.25) is 14.9 Å². The summed E-state index contributed by atoms with van der Waals surface area (Å²) >= 11 is 1.56. The Hall–Kier alpha value is -3.07. The molecule has 0 aliphatic heterocycles. The summed E-state index contributed by atoms with van der Waals surface area (Å²) < 4.78 is 1.14. The third kappa shape index (κ3) is 2.76. The molecule has 0 bridgehead atoms. The molecule has 2 aromatic heterocycles. The number of nitrogens with zero attached hydrogens (tertiary/aromatic N) is 4. The number of nitro benzene ring substituents is 1. The van der Waals surface area contributed by atoms with Crippen molar-refractivity contribution in [3.05, 3.63) is 61.0 Å². The summed E-state index contributed by atoms with van der Waals surface area (Å²) in [5.74, 6) is -0.419.